The van der Waals surface area contributed by atoms with Crippen molar-refractivity contribution in [3.8, 4) is 11.5 Å². The number of nitrogens with zero attached hydrogens (tertiary/aromatic N) is 3. The topological polar surface area (TPSA) is 122 Å². The lowest BCUT2D eigenvalue weighted by molar-refractivity contribution is -0.385. The van der Waals surface area contributed by atoms with Crippen molar-refractivity contribution >= 4 is 29.1 Å². The van der Waals surface area contributed by atoms with E-state index in [2.05, 4.69) is 4.99 Å². The van der Waals surface area contributed by atoms with Crippen LogP contribution in [0.3, 0.4) is 0 Å². The number of hydrogen-bond donors (Lipinski definition) is 0. The Kier molecular flexibility index (Phi) is 8.53. The maximum Gasteiger partial charge on any atom is 0.338 e. The predicted molar refractivity (Wildman–Crippen MR) is 162 cm³/mol. The molecule has 5 rings (SSSR count). The minimum atomic E-state index is -0.781. The number of carbonyl (C=O) groups excluding carboxylic acids is 1. The fraction of sp³-hybridized carbons (Fsp3) is 0.219. The minimum absolute atomic E-state index is 0.160. The summed E-state index contributed by atoms with van der Waals surface area (Å²) in [4.78, 5) is 43.6. The molecular formula is C32H29N3O7S. The van der Waals surface area contributed by atoms with Crippen LogP contribution in [-0.4, -0.2) is 29.2 Å². The van der Waals surface area contributed by atoms with E-state index in [0.29, 0.717) is 16.1 Å². The lowest BCUT2D eigenvalue weighted by Crippen LogP contribution is -2.39. The highest BCUT2D eigenvalue weighted by atomic mass is 32.1. The highest BCUT2D eigenvalue weighted by molar-refractivity contribution is 7.07. The molecule has 1 aliphatic heterocycles. The molecule has 0 spiro atoms. The van der Waals surface area contributed by atoms with Gasteiger partial charge in [-0.1, -0.05) is 71.5 Å². The molecule has 1 aliphatic rings. The molecular weight excluding hydrogens is 570 g/mol. The second kappa shape index (κ2) is 12.5. The Morgan fingerprint density at radius 3 is 2.47 bits per heavy atom. The summed E-state index contributed by atoms with van der Waals surface area (Å²) in [6, 6.07) is 18.9. The molecule has 3 aromatic carbocycles. The summed E-state index contributed by atoms with van der Waals surface area (Å²) in [5.74, 6) is -0.0839. The Morgan fingerprint density at radius 2 is 1.81 bits per heavy atom. The van der Waals surface area contributed by atoms with Gasteiger partial charge in [0.05, 0.1) is 52.1 Å². The van der Waals surface area contributed by atoms with Crippen LogP contribution in [0.1, 0.15) is 42.1 Å². The van der Waals surface area contributed by atoms with Gasteiger partial charge in [-0.3, -0.25) is 19.5 Å². The number of aryl methyl sites for hydroxylation is 1. The van der Waals surface area contributed by atoms with E-state index in [-0.39, 0.29) is 46.1 Å². The average molecular weight is 600 g/mol. The van der Waals surface area contributed by atoms with Crippen LogP contribution in [0.2, 0.25) is 0 Å². The number of methoxy groups -OCH3 is 1. The number of benzene rings is 3. The van der Waals surface area contributed by atoms with Gasteiger partial charge in [-0.15, -0.1) is 0 Å². The number of nitro benzene ring substituents is 1. The van der Waals surface area contributed by atoms with Gasteiger partial charge in [0.25, 0.3) is 11.2 Å². The van der Waals surface area contributed by atoms with E-state index in [4.69, 9.17) is 14.2 Å². The normalized spacial score (nSPS) is 14.6. The van der Waals surface area contributed by atoms with E-state index < -0.39 is 22.5 Å². The van der Waals surface area contributed by atoms with Gasteiger partial charge < -0.3 is 14.2 Å². The second-order valence-corrected chi connectivity index (χ2v) is 10.8. The Labute approximate surface area is 251 Å². The Hall–Kier alpha value is -5.03. The zero-order chi connectivity index (χ0) is 30.7. The third kappa shape index (κ3) is 5.98. The first kappa shape index (κ1) is 29.5. The molecule has 43 heavy (non-hydrogen) atoms. The molecule has 0 bridgehead atoms. The number of rotatable bonds is 9. The van der Waals surface area contributed by atoms with Crippen LogP contribution < -0.4 is 24.4 Å². The third-order valence-corrected chi connectivity index (χ3v) is 7.93. The van der Waals surface area contributed by atoms with Crippen molar-refractivity contribution in [2.75, 3.05) is 13.7 Å². The van der Waals surface area contributed by atoms with Crippen molar-refractivity contribution in [2.24, 2.45) is 4.99 Å². The van der Waals surface area contributed by atoms with Crippen molar-refractivity contribution in [1.29, 1.82) is 0 Å². The van der Waals surface area contributed by atoms with Crippen LogP contribution in [0, 0.1) is 17.0 Å². The molecule has 0 aliphatic carbocycles. The zero-order valence-electron chi connectivity index (χ0n) is 24.0. The van der Waals surface area contributed by atoms with E-state index in [1.54, 1.807) is 13.8 Å². The Bertz CT molecular complexity index is 1910. The van der Waals surface area contributed by atoms with Gasteiger partial charge in [0.2, 0.25) is 0 Å². The first-order valence-electron chi connectivity index (χ1n) is 13.5. The third-order valence-electron chi connectivity index (χ3n) is 6.94. The van der Waals surface area contributed by atoms with Gasteiger partial charge in [0.15, 0.2) is 16.3 Å². The highest BCUT2D eigenvalue weighted by Gasteiger charge is 2.33. The fourth-order valence-corrected chi connectivity index (χ4v) is 5.88. The number of nitro groups is 1. The van der Waals surface area contributed by atoms with Gasteiger partial charge >= 0.3 is 5.97 Å². The summed E-state index contributed by atoms with van der Waals surface area (Å²) in [6.07, 6.45) is 1.45. The Morgan fingerprint density at radius 1 is 1.09 bits per heavy atom. The van der Waals surface area contributed by atoms with E-state index in [0.717, 1.165) is 22.5 Å². The van der Waals surface area contributed by atoms with Crippen molar-refractivity contribution in [3.05, 3.63) is 130 Å². The zero-order valence-corrected chi connectivity index (χ0v) is 24.8. The summed E-state index contributed by atoms with van der Waals surface area (Å²) in [6.45, 7) is 5.71. The molecule has 0 saturated carbocycles. The van der Waals surface area contributed by atoms with Crippen LogP contribution in [0.5, 0.6) is 11.5 Å². The summed E-state index contributed by atoms with van der Waals surface area (Å²) in [5.41, 5.74) is 2.77. The van der Waals surface area contributed by atoms with Gasteiger partial charge in [-0.25, -0.2) is 9.79 Å². The number of allylic oxidation sites excluding steroid dienone is 1. The number of ether oxygens (including phenoxy) is 3. The predicted octanol–water partition coefficient (Wildman–Crippen LogP) is 4.60. The lowest BCUT2D eigenvalue weighted by Gasteiger charge is -2.24. The molecule has 0 unspecified atom stereocenters. The van der Waals surface area contributed by atoms with Crippen molar-refractivity contribution in [1.82, 2.24) is 4.57 Å². The van der Waals surface area contributed by atoms with Crippen LogP contribution in [0.25, 0.3) is 6.08 Å². The Balaban J connectivity index is 1.64. The molecule has 220 valence electrons. The van der Waals surface area contributed by atoms with Crippen molar-refractivity contribution in [3.63, 3.8) is 0 Å². The fourth-order valence-electron chi connectivity index (χ4n) is 4.84. The largest absolute Gasteiger partial charge is 0.493 e. The van der Waals surface area contributed by atoms with Crippen LogP contribution in [0.15, 0.2) is 87.8 Å². The number of thiazole rings is 1. The molecule has 0 N–H and O–H groups in total. The first-order valence-corrected chi connectivity index (χ1v) is 14.3. The molecule has 0 saturated heterocycles. The summed E-state index contributed by atoms with van der Waals surface area (Å²) in [5, 5.41) is 12.1. The summed E-state index contributed by atoms with van der Waals surface area (Å²) < 4.78 is 18.3. The molecule has 1 aromatic heterocycles. The standard InChI is InChI=1S/C32H29N3O7S/c1-5-41-31(37)28-20(3)33-32-34(29(28)22-13-11-19(2)12-14-22)30(36)27(43-32)16-23-15-25(40-4)26(17-24(23)35(38)39)42-18-21-9-7-6-8-10-21/h6-17,29H,5,18H2,1-4H3/b27-16+/t29-/m0/s1. The molecule has 0 fully saturated rings. The number of hydrogen-bond acceptors (Lipinski definition) is 9. The van der Waals surface area contributed by atoms with E-state index >= 15 is 0 Å². The maximum atomic E-state index is 13.9. The molecule has 10 nitrogen and oxygen atoms in total. The molecule has 11 heteroatoms. The van der Waals surface area contributed by atoms with Crippen molar-refractivity contribution < 1.29 is 23.9 Å². The minimum Gasteiger partial charge on any atom is -0.493 e. The van der Waals surface area contributed by atoms with Crippen LogP contribution >= 0.6 is 11.3 Å². The van der Waals surface area contributed by atoms with Gasteiger partial charge in [-0.05, 0) is 44.0 Å². The molecule has 0 radical (unpaired) electrons. The molecule has 0 amide bonds. The highest BCUT2D eigenvalue weighted by Crippen LogP contribution is 2.36. The maximum absolute atomic E-state index is 13.9. The quantitative estimate of drug-likeness (QED) is 0.157. The summed E-state index contributed by atoms with van der Waals surface area (Å²) >= 11 is 1.08. The number of carbonyl (C=O) groups is 1. The number of aromatic nitrogens is 1. The average Bonchev–Trinajstić information content (AvgIpc) is 3.30. The lowest BCUT2D eigenvalue weighted by atomic mass is 9.95. The first-order chi connectivity index (χ1) is 20.7. The van der Waals surface area contributed by atoms with Crippen LogP contribution in [-0.2, 0) is 16.1 Å². The number of esters is 1. The van der Waals surface area contributed by atoms with E-state index in [1.165, 1.54) is 29.9 Å². The van der Waals surface area contributed by atoms with Gasteiger partial charge in [0.1, 0.15) is 6.61 Å². The SMILES string of the molecule is CCOC(=O)C1=C(C)N=c2s/c(=C/c3cc(OC)c(OCc4ccccc4)cc3[N+](=O)[O-])c(=O)n2[C@H]1c1ccc(C)cc1. The monoisotopic (exact) mass is 599 g/mol. The smallest absolute Gasteiger partial charge is 0.338 e. The summed E-state index contributed by atoms with van der Waals surface area (Å²) in [7, 11) is 1.44. The number of fused-ring (bicyclic) bond motifs is 1. The molecule has 4 aromatic rings. The second-order valence-electron chi connectivity index (χ2n) is 9.81. The molecule has 2 heterocycles. The van der Waals surface area contributed by atoms with E-state index in [1.807, 2.05) is 61.5 Å². The van der Waals surface area contributed by atoms with E-state index in [9.17, 15) is 19.7 Å². The van der Waals surface area contributed by atoms with Crippen LogP contribution in [0.4, 0.5) is 5.69 Å². The van der Waals surface area contributed by atoms with Crippen molar-refractivity contribution in [2.45, 2.75) is 33.4 Å². The molecule has 1 atom stereocenters. The van der Waals surface area contributed by atoms with Gasteiger partial charge in [0, 0.05) is 0 Å². The van der Waals surface area contributed by atoms with Gasteiger partial charge in [-0.2, -0.15) is 0 Å².